The summed E-state index contributed by atoms with van der Waals surface area (Å²) in [5.41, 5.74) is 5.85. The Balaban J connectivity index is 2.17. The molecule has 0 atom stereocenters. The summed E-state index contributed by atoms with van der Waals surface area (Å²) >= 11 is 0. The van der Waals surface area contributed by atoms with Gasteiger partial charge < -0.3 is 0 Å². The molecule has 4 heteroatoms. The normalized spacial score (nSPS) is 18.0. The highest BCUT2D eigenvalue weighted by atomic mass is 15.9. The molecule has 0 saturated carbocycles. The summed E-state index contributed by atoms with van der Waals surface area (Å²) in [5, 5.41) is 5.78. The first kappa shape index (κ1) is 7.34. The van der Waals surface area contributed by atoms with Gasteiger partial charge in [0.2, 0.25) is 0 Å². The van der Waals surface area contributed by atoms with E-state index in [1.165, 1.54) is 12.8 Å². The van der Waals surface area contributed by atoms with E-state index in [-0.39, 0.29) is 0 Å². The Morgan fingerprint density at radius 1 is 1.60 bits per heavy atom. The standard InChI is InChI=1S/C6H14N4/c1-3-4-5-6-7-9-10(2)8-6/h9H,3-5H2,1-2H3,(H,7,8). The van der Waals surface area contributed by atoms with Crippen molar-refractivity contribution < 1.29 is 0 Å². The van der Waals surface area contributed by atoms with Crippen molar-refractivity contribution in [2.45, 2.75) is 26.2 Å². The van der Waals surface area contributed by atoms with Gasteiger partial charge in [0.05, 0.1) is 0 Å². The highest BCUT2D eigenvalue weighted by Crippen LogP contribution is 1.97. The molecule has 0 saturated heterocycles. The van der Waals surface area contributed by atoms with E-state index in [4.69, 9.17) is 0 Å². The van der Waals surface area contributed by atoms with Crippen LogP contribution in [0.15, 0.2) is 5.10 Å². The van der Waals surface area contributed by atoms with Crippen molar-refractivity contribution >= 4 is 5.84 Å². The molecule has 0 spiro atoms. The minimum atomic E-state index is 1.03. The lowest BCUT2D eigenvalue weighted by atomic mass is 10.2. The van der Waals surface area contributed by atoms with Gasteiger partial charge >= 0.3 is 0 Å². The van der Waals surface area contributed by atoms with Crippen molar-refractivity contribution in [3.8, 4) is 0 Å². The molecular weight excluding hydrogens is 128 g/mol. The summed E-state index contributed by atoms with van der Waals surface area (Å²) in [6.45, 7) is 2.17. The lowest BCUT2D eigenvalue weighted by Crippen LogP contribution is -2.37. The molecule has 1 rings (SSSR count). The number of hydrogen-bond donors (Lipinski definition) is 2. The van der Waals surface area contributed by atoms with Crippen LogP contribution in [-0.2, 0) is 0 Å². The van der Waals surface area contributed by atoms with Crippen LogP contribution in [-0.4, -0.2) is 18.0 Å². The molecule has 0 aromatic carbocycles. The van der Waals surface area contributed by atoms with Gasteiger partial charge in [0.15, 0.2) is 0 Å². The quantitative estimate of drug-likeness (QED) is 0.601. The highest BCUT2D eigenvalue weighted by Gasteiger charge is 2.07. The molecule has 0 bridgehead atoms. The van der Waals surface area contributed by atoms with E-state index >= 15 is 0 Å². The van der Waals surface area contributed by atoms with Crippen molar-refractivity contribution in [2.75, 3.05) is 7.05 Å². The average molecular weight is 142 g/mol. The molecule has 0 aliphatic carbocycles. The van der Waals surface area contributed by atoms with E-state index in [1.807, 2.05) is 7.05 Å². The first-order valence-electron chi connectivity index (χ1n) is 3.65. The first-order valence-corrected chi connectivity index (χ1v) is 3.65. The van der Waals surface area contributed by atoms with Gasteiger partial charge in [-0.1, -0.05) is 13.3 Å². The van der Waals surface area contributed by atoms with Crippen molar-refractivity contribution in [1.82, 2.24) is 16.1 Å². The summed E-state index contributed by atoms with van der Waals surface area (Å²) in [6.07, 6.45) is 3.44. The third-order valence-corrected chi connectivity index (χ3v) is 1.40. The number of rotatable bonds is 3. The predicted octanol–water partition coefficient (Wildman–Crippen LogP) is 0.445. The van der Waals surface area contributed by atoms with Crippen molar-refractivity contribution in [2.24, 2.45) is 5.10 Å². The largest absolute Gasteiger partial charge is 0.286 e. The zero-order valence-corrected chi connectivity index (χ0v) is 6.52. The van der Waals surface area contributed by atoms with Gasteiger partial charge in [-0.2, -0.15) is 0 Å². The van der Waals surface area contributed by atoms with E-state index in [2.05, 4.69) is 23.0 Å². The molecule has 0 amide bonds. The van der Waals surface area contributed by atoms with Crippen LogP contribution in [0, 0.1) is 0 Å². The summed E-state index contributed by atoms with van der Waals surface area (Å²) in [7, 11) is 1.89. The van der Waals surface area contributed by atoms with Crippen LogP contribution in [0.25, 0.3) is 0 Å². The Kier molecular flexibility index (Phi) is 2.50. The molecule has 1 aliphatic heterocycles. The van der Waals surface area contributed by atoms with Gasteiger partial charge in [0, 0.05) is 13.5 Å². The van der Waals surface area contributed by atoms with Gasteiger partial charge in [-0.15, -0.1) is 10.2 Å². The maximum Gasteiger partial charge on any atom is 0.139 e. The molecule has 10 heavy (non-hydrogen) atoms. The number of hydrazine groups is 2. The zero-order valence-electron chi connectivity index (χ0n) is 6.52. The van der Waals surface area contributed by atoms with E-state index in [9.17, 15) is 0 Å². The molecule has 0 unspecified atom stereocenters. The SMILES string of the molecule is CCCCC1=NNN(C)N1. The maximum absolute atomic E-state index is 4.04. The molecule has 0 aromatic heterocycles. The molecule has 0 radical (unpaired) electrons. The van der Waals surface area contributed by atoms with Crippen LogP contribution < -0.4 is 11.0 Å². The maximum atomic E-state index is 4.04. The zero-order chi connectivity index (χ0) is 7.40. The van der Waals surface area contributed by atoms with Crippen molar-refractivity contribution in [1.29, 1.82) is 0 Å². The molecule has 2 N–H and O–H groups in total. The molecule has 58 valence electrons. The van der Waals surface area contributed by atoms with Crippen LogP contribution >= 0.6 is 0 Å². The van der Waals surface area contributed by atoms with Crippen LogP contribution in [0.1, 0.15) is 26.2 Å². The van der Waals surface area contributed by atoms with Crippen LogP contribution in [0.5, 0.6) is 0 Å². The number of nitrogens with zero attached hydrogens (tertiary/aromatic N) is 2. The van der Waals surface area contributed by atoms with E-state index in [0.717, 1.165) is 12.3 Å². The monoisotopic (exact) mass is 142 g/mol. The van der Waals surface area contributed by atoms with Gasteiger partial charge in [-0.3, -0.25) is 5.43 Å². The van der Waals surface area contributed by atoms with Crippen LogP contribution in [0.3, 0.4) is 0 Å². The number of nitrogens with one attached hydrogen (secondary N) is 2. The third kappa shape index (κ3) is 1.88. The van der Waals surface area contributed by atoms with E-state index < -0.39 is 0 Å². The van der Waals surface area contributed by atoms with Gasteiger partial charge in [-0.05, 0) is 6.42 Å². The summed E-state index contributed by atoms with van der Waals surface area (Å²) < 4.78 is 0. The smallest absolute Gasteiger partial charge is 0.139 e. The second-order valence-corrected chi connectivity index (χ2v) is 2.43. The fourth-order valence-electron chi connectivity index (χ4n) is 0.835. The molecule has 1 heterocycles. The number of hydrazone groups is 1. The van der Waals surface area contributed by atoms with Gasteiger partial charge in [0.1, 0.15) is 5.84 Å². The third-order valence-electron chi connectivity index (χ3n) is 1.40. The Bertz CT molecular complexity index is 132. The van der Waals surface area contributed by atoms with Crippen LogP contribution in [0.2, 0.25) is 0 Å². The average Bonchev–Trinajstić information content (AvgIpc) is 2.31. The Labute approximate surface area is 61.2 Å². The predicted molar refractivity (Wildman–Crippen MR) is 41.0 cm³/mol. The second-order valence-electron chi connectivity index (χ2n) is 2.43. The minimum Gasteiger partial charge on any atom is -0.286 e. The van der Waals surface area contributed by atoms with E-state index in [0.29, 0.717) is 0 Å². The van der Waals surface area contributed by atoms with Crippen molar-refractivity contribution in [3.63, 3.8) is 0 Å². The number of unbranched alkanes of at least 4 members (excludes halogenated alkanes) is 1. The molecule has 1 aliphatic rings. The molecule has 0 fully saturated rings. The Morgan fingerprint density at radius 2 is 2.40 bits per heavy atom. The summed E-state index contributed by atoms with van der Waals surface area (Å²) in [6, 6.07) is 0. The van der Waals surface area contributed by atoms with Gasteiger partial charge in [-0.25, -0.2) is 5.53 Å². The number of amidine groups is 1. The number of hydrogen-bond acceptors (Lipinski definition) is 4. The van der Waals surface area contributed by atoms with Crippen molar-refractivity contribution in [3.05, 3.63) is 0 Å². The molecule has 4 nitrogen and oxygen atoms in total. The van der Waals surface area contributed by atoms with Gasteiger partial charge in [0.25, 0.3) is 0 Å². The Morgan fingerprint density at radius 3 is 2.90 bits per heavy atom. The summed E-state index contributed by atoms with van der Waals surface area (Å²) in [4.78, 5) is 0. The topological polar surface area (TPSA) is 39.7 Å². The minimum absolute atomic E-state index is 1.03. The highest BCUT2D eigenvalue weighted by molar-refractivity contribution is 5.82. The molecule has 0 aromatic rings. The summed E-state index contributed by atoms with van der Waals surface area (Å²) in [5.74, 6) is 1.03. The fourth-order valence-corrected chi connectivity index (χ4v) is 0.835. The second kappa shape index (κ2) is 3.41. The van der Waals surface area contributed by atoms with E-state index in [1.54, 1.807) is 5.12 Å². The van der Waals surface area contributed by atoms with Crippen LogP contribution in [0.4, 0.5) is 0 Å². The lowest BCUT2D eigenvalue weighted by molar-refractivity contribution is 0.231. The first-order chi connectivity index (χ1) is 4.83. The lowest BCUT2D eigenvalue weighted by Gasteiger charge is -2.07. The molecular formula is C6H14N4. The fraction of sp³-hybridized carbons (Fsp3) is 0.833. The Hall–Kier alpha value is -0.770.